The molecular weight excluding hydrogens is 873 g/mol. The average molecular weight is 923 g/mol. The second-order valence-corrected chi connectivity index (χ2v) is 17.9. The molecule has 0 amide bonds. The quantitative estimate of drug-likeness (QED) is 0.121. The first-order chi connectivity index (χ1) is 35.7. The number of nitrogens with zero attached hydrogens (tertiary/aromatic N) is 2. The molecule has 0 aliphatic heterocycles. The van der Waals surface area contributed by atoms with Gasteiger partial charge in [-0.15, -0.1) is 0 Å². The smallest absolute Gasteiger partial charge is 0.0543 e. The molecule has 0 atom stereocenters. The standard InChI is InChI=1S/C68H50N4/c1-5-17-51(18-6-1)65-47-33-53-21-13-15-27-63(53)67(65)69-55-35-43-61(44-36-55)71(57-23-9-3-10-24-57)59-39-29-49(30-40-59)50-31-41-60(42-32-50)72(58-25-11-4-12-26-58)62-45-37-56(38-46-62)70-68-64-28-16-14-22-54(64)34-48-66(68)52-19-7-2-8-20-52/h1-48,69-70H. The summed E-state index contributed by atoms with van der Waals surface area (Å²) in [6.07, 6.45) is 0. The highest BCUT2D eigenvalue weighted by molar-refractivity contribution is 6.04. The van der Waals surface area contributed by atoms with E-state index in [4.69, 9.17) is 0 Å². The van der Waals surface area contributed by atoms with E-state index < -0.39 is 0 Å². The number of hydrogen-bond acceptors (Lipinski definition) is 4. The Morgan fingerprint density at radius 2 is 0.500 bits per heavy atom. The molecule has 12 aromatic carbocycles. The SMILES string of the molecule is c1ccc(-c2ccc3ccccc3c2Nc2ccc(N(c3ccccc3)c3ccc(-c4ccc(N(c5ccccc5)c5ccc(Nc6c(-c7ccccc7)ccc7ccccc67)cc5)cc4)cc3)cc2)cc1. The molecule has 0 heterocycles. The molecule has 0 aliphatic carbocycles. The summed E-state index contributed by atoms with van der Waals surface area (Å²) in [5.41, 5.74) is 17.7. The average Bonchev–Trinajstić information content (AvgIpc) is 3.46. The highest BCUT2D eigenvalue weighted by Crippen LogP contribution is 2.42. The van der Waals surface area contributed by atoms with Gasteiger partial charge in [0.05, 0.1) is 11.4 Å². The molecule has 0 saturated heterocycles. The van der Waals surface area contributed by atoms with Crippen molar-refractivity contribution in [3.8, 4) is 33.4 Å². The van der Waals surface area contributed by atoms with Crippen LogP contribution in [0.5, 0.6) is 0 Å². The molecule has 0 radical (unpaired) electrons. The van der Waals surface area contributed by atoms with Crippen LogP contribution in [0, 0.1) is 0 Å². The zero-order valence-electron chi connectivity index (χ0n) is 39.6. The van der Waals surface area contributed by atoms with Crippen molar-refractivity contribution in [3.05, 3.63) is 291 Å². The van der Waals surface area contributed by atoms with Crippen molar-refractivity contribution in [2.45, 2.75) is 0 Å². The van der Waals surface area contributed by atoms with Crippen LogP contribution in [0.1, 0.15) is 0 Å². The van der Waals surface area contributed by atoms with Crippen molar-refractivity contribution in [2.24, 2.45) is 0 Å². The molecule has 0 aliphatic rings. The molecule has 0 aromatic heterocycles. The second-order valence-electron chi connectivity index (χ2n) is 17.9. The van der Waals surface area contributed by atoms with Crippen LogP contribution in [-0.2, 0) is 0 Å². The van der Waals surface area contributed by atoms with Gasteiger partial charge in [-0.25, -0.2) is 0 Å². The van der Waals surface area contributed by atoms with Crippen LogP contribution >= 0.6 is 0 Å². The third-order valence-electron chi connectivity index (χ3n) is 13.4. The number of rotatable bonds is 13. The number of fused-ring (bicyclic) bond motifs is 2. The molecule has 0 fully saturated rings. The zero-order valence-corrected chi connectivity index (χ0v) is 39.6. The molecule has 4 nitrogen and oxygen atoms in total. The third-order valence-corrected chi connectivity index (χ3v) is 13.4. The summed E-state index contributed by atoms with van der Waals surface area (Å²) >= 11 is 0. The van der Waals surface area contributed by atoms with Crippen molar-refractivity contribution >= 4 is 78.4 Å². The van der Waals surface area contributed by atoms with E-state index in [1.165, 1.54) is 43.8 Å². The Morgan fingerprint density at radius 1 is 0.208 bits per heavy atom. The lowest BCUT2D eigenvalue weighted by Gasteiger charge is -2.26. The topological polar surface area (TPSA) is 30.5 Å². The van der Waals surface area contributed by atoms with E-state index in [1.54, 1.807) is 0 Å². The Bertz CT molecular complexity index is 3500. The predicted molar refractivity (Wildman–Crippen MR) is 307 cm³/mol. The molecule has 4 heteroatoms. The Balaban J connectivity index is 0.809. The normalized spacial score (nSPS) is 11.1. The lowest BCUT2D eigenvalue weighted by molar-refractivity contribution is 1.28. The van der Waals surface area contributed by atoms with E-state index in [2.05, 4.69) is 312 Å². The predicted octanol–water partition coefficient (Wildman–Crippen LogP) is 19.4. The van der Waals surface area contributed by atoms with Gasteiger partial charge in [0.15, 0.2) is 0 Å². The van der Waals surface area contributed by atoms with E-state index in [-0.39, 0.29) is 0 Å². The van der Waals surface area contributed by atoms with Gasteiger partial charge in [-0.05, 0) is 130 Å². The second kappa shape index (κ2) is 19.8. The molecule has 0 unspecified atom stereocenters. The fourth-order valence-electron chi connectivity index (χ4n) is 9.86. The van der Waals surface area contributed by atoms with Gasteiger partial charge in [0.2, 0.25) is 0 Å². The molecule has 12 aromatic rings. The number of anilines is 10. The number of nitrogens with one attached hydrogen (secondary N) is 2. The maximum absolute atomic E-state index is 3.81. The van der Waals surface area contributed by atoms with Crippen LogP contribution in [0.25, 0.3) is 54.9 Å². The van der Waals surface area contributed by atoms with E-state index in [1.807, 2.05) is 0 Å². The summed E-state index contributed by atoms with van der Waals surface area (Å²) in [6.45, 7) is 0. The largest absolute Gasteiger partial charge is 0.355 e. The van der Waals surface area contributed by atoms with Crippen LogP contribution in [0.15, 0.2) is 291 Å². The molecule has 342 valence electrons. The van der Waals surface area contributed by atoms with Crippen LogP contribution in [0.3, 0.4) is 0 Å². The molecule has 0 saturated carbocycles. The Kier molecular flexibility index (Phi) is 12.0. The van der Waals surface area contributed by atoms with Gasteiger partial charge < -0.3 is 20.4 Å². The lowest BCUT2D eigenvalue weighted by Crippen LogP contribution is -2.10. The van der Waals surface area contributed by atoms with E-state index >= 15 is 0 Å². The van der Waals surface area contributed by atoms with E-state index in [9.17, 15) is 0 Å². The number of hydrogen-bond donors (Lipinski definition) is 2. The highest BCUT2D eigenvalue weighted by Gasteiger charge is 2.17. The monoisotopic (exact) mass is 922 g/mol. The first kappa shape index (κ1) is 43.6. The van der Waals surface area contributed by atoms with Crippen molar-refractivity contribution in [1.29, 1.82) is 0 Å². The maximum atomic E-state index is 3.81. The molecule has 0 bridgehead atoms. The van der Waals surface area contributed by atoms with Crippen LogP contribution < -0.4 is 20.4 Å². The van der Waals surface area contributed by atoms with Crippen LogP contribution in [-0.4, -0.2) is 0 Å². The van der Waals surface area contributed by atoms with Gasteiger partial charge in [0.1, 0.15) is 0 Å². The first-order valence-electron chi connectivity index (χ1n) is 24.5. The Hall–Kier alpha value is -9.64. The van der Waals surface area contributed by atoms with Crippen molar-refractivity contribution in [1.82, 2.24) is 0 Å². The minimum Gasteiger partial charge on any atom is -0.355 e. The minimum absolute atomic E-state index is 1.02. The Labute approximate surface area is 421 Å². The third kappa shape index (κ3) is 8.93. The molecular formula is C68H50N4. The van der Waals surface area contributed by atoms with Crippen LogP contribution in [0.4, 0.5) is 56.9 Å². The molecule has 72 heavy (non-hydrogen) atoms. The van der Waals surface area contributed by atoms with Crippen molar-refractivity contribution in [2.75, 3.05) is 20.4 Å². The fraction of sp³-hybridized carbons (Fsp3) is 0. The molecule has 2 N–H and O–H groups in total. The van der Waals surface area contributed by atoms with Crippen molar-refractivity contribution < 1.29 is 0 Å². The van der Waals surface area contributed by atoms with E-state index in [0.717, 1.165) is 68.0 Å². The van der Waals surface area contributed by atoms with E-state index in [0.29, 0.717) is 0 Å². The minimum atomic E-state index is 1.02. The van der Waals surface area contributed by atoms with Crippen LogP contribution in [0.2, 0.25) is 0 Å². The summed E-state index contributed by atoms with van der Waals surface area (Å²) in [4.78, 5) is 4.62. The Morgan fingerprint density at radius 3 is 0.861 bits per heavy atom. The fourth-order valence-corrected chi connectivity index (χ4v) is 9.86. The van der Waals surface area contributed by atoms with Crippen molar-refractivity contribution in [3.63, 3.8) is 0 Å². The number of benzene rings is 12. The zero-order chi connectivity index (χ0) is 48.1. The summed E-state index contributed by atoms with van der Waals surface area (Å²) < 4.78 is 0. The molecule has 0 spiro atoms. The first-order valence-corrected chi connectivity index (χ1v) is 24.5. The summed E-state index contributed by atoms with van der Waals surface area (Å²) in [5, 5.41) is 12.4. The van der Waals surface area contributed by atoms with Gasteiger partial charge in [-0.2, -0.15) is 0 Å². The summed E-state index contributed by atoms with van der Waals surface area (Å²) in [6, 6.07) is 104. The van der Waals surface area contributed by atoms with Gasteiger partial charge in [0.25, 0.3) is 0 Å². The molecule has 12 rings (SSSR count). The lowest BCUT2D eigenvalue weighted by atomic mass is 9.98. The maximum Gasteiger partial charge on any atom is 0.0543 e. The highest BCUT2D eigenvalue weighted by atomic mass is 15.1. The van der Waals surface area contributed by atoms with Gasteiger partial charge in [-0.1, -0.05) is 194 Å². The number of para-hydroxylation sites is 2. The van der Waals surface area contributed by atoms with Gasteiger partial charge in [0, 0.05) is 67.4 Å². The van der Waals surface area contributed by atoms with Gasteiger partial charge >= 0.3 is 0 Å². The van der Waals surface area contributed by atoms with Gasteiger partial charge in [-0.3, -0.25) is 0 Å². The summed E-state index contributed by atoms with van der Waals surface area (Å²) in [7, 11) is 0. The summed E-state index contributed by atoms with van der Waals surface area (Å²) in [5.74, 6) is 0.